The van der Waals surface area contributed by atoms with E-state index >= 15 is 0 Å². The molecule has 126 valence electrons. The maximum Gasteiger partial charge on any atom is 0.150 e. The summed E-state index contributed by atoms with van der Waals surface area (Å²) in [5.41, 5.74) is 4.77. The summed E-state index contributed by atoms with van der Waals surface area (Å²) >= 11 is 0. The molecule has 0 atom stereocenters. The number of anilines is 2. The van der Waals surface area contributed by atoms with E-state index in [1.807, 2.05) is 50.8 Å². The van der Waals surface area contributed by atoms with Gasteiger partial charge in [-0.15, -0.1) is 0 Å². The first-order valence-corrected chi connectivity index (χ1v) is 8.07. The van der Waals surface area contributed by atoms with E-state index < -0.39 is 0 Å². The van der Waals surface area contributed by atoms with E-state index in [4.69, 9.17) is 4.98 Å². The molecule has 0 spiro atoms. The highest BCUT2D eigenvalue weighted by molar-refractivity contribution is 5.76. The number of fused-ring (bicyclic) bond motifs is 1. The smallest absolute Gasteiger partial charge is 0.150 e. The quantitative estimate of drug-likeness (QED) is 0.523. The molecule has 0 bridgehead atoms. The van der Waals surface area contributed by atoms with Crippen molar-refractivity contribution >= 4 is 22.5 Å². The van der Waals surface area contributed by atoms with Crippen LogP contribution in [0.4, 0.5) is 11.5 Å². The van der Waals surface area contributed by atoms with Crippen molar-refractivity contribution in [3.63, 3.8) is 0 Å². The molecule has 0 fully saturated rings. The number of pyridine rings is 2. The van der Waals surface area contributed by atoms with Gasteiger partial charge in [-0.2, -0.15) is 5.10 Å². The van der Waals surface area contributed by atoms with E-state index in [0.29, 0.717) is 6.54 Å². The average molecular weight is 333 g/mol. The van der Waals surface area contributed by atoms with Gasteiger partial charge in [-0.05, 0) is 30.3 Å². The van der Waals surface area contributed by atoms with E-state index in [2.05, 4.69) is 31.8 Å². The summed E-state index contributed by atoms with van der Waals surface area (Å²) < 4.78 is 1.77. The Hall–Kier alpha value is -3.35. The van der Waals surface area contributed by atoms with E-state index in [0.717, 1.165) is 39.5 Å². The Morgan fingerprint density at radius 2 is 2.16 bits per heavy atom. The lowest BCUT2D eigenvalue weighted by molar-refractivity contribution is 0.768. The van der Waals surface area contributed by atoms with Crippen molar-refractivity contribution in [2.75, 3.05) is 17.7 Å². The van der Waals surface area contributed by atoms with Crippen molar-refractivity contribution in [3.8, 4) is 11.3 Å². The Bertz CT molecular complexity index is 982. The Balaban J connectivity index is 1.59. The summed E-state index contributed by atoms with van der Waals surface area (Å²) in [6.07, 6.45) is 5.55. The van der Waals surface area contributed by atoms with Crippen LogP contribution in [0.15, 0.2) is 48.9 Å². The molecule has 0 aliphatic carbocycles. The lowest BCUT2D eigenvalue weighted by Crippen LogP contribution is -2.05. The zero-order chi connectivity index (χ0) is 17.2. The van der Waals surface area contributed by atoms with Gasteiger partial charge in [0.05, 0.1) is 24.1 Å². The summed E-state index contributed by atoms with van der Waals surface area (Å²) in [5.74, 6) is 0.801. The second-order valence-corrected chi connectivity index (χ2v) is 5.83. The van der Waals surface area contributed by atoms with Crippen molar-refractivity contribution in [1.82, 2.24) is 24.7 Å². The maximum absolute atomic E-state index is 4.74. The SMILES string of the molecule is CNc1ccc(-c2cnn(C)c2)nc1NCc1cc2cccnc2[nH]1. The minimum absolute atomic E-state index is 0.633. The molecule has 0 aromatic carbocycles. The minimum Gasteiger partial charge on any atom is -0.385 e. The molecule has 4 rings (SSSR count). The first-order valence-electron chi connectivity index (χ1n) is 8.07. The van der Waals surface area contributed by atoms with Crippen molar-refractivity contribution in [2.24, 2.45) is 7.05 Å². The number of aromatic nitrogens is 5. The number of hydrogen-bond donors (Lipinski definition) is 3. The van der Waals surface area contributed by atoms with Gasteiger partial charge >= 0.3 is 0 Å². The predicted molar refractivity (Wildman–Crippen MR) is 99.4 cm³/mol. The van der Waals surface area contributed by atoms with Gasteiger partial charge in [-0.25, -0.2) is 9.97 Å². The van der Waals surface area contributed by atoms with E-state index in [1.165, 1.54) is 0 Å². The fourth-order valence-corrected chi connectivity index (χ4v) is 2.80. The highest BCUT2D eigenvalue weighted by Gasteiger charge is 2.09. The molecular formula is C18H19N7. The number of rotatable bonds is 5. The lowest BCUT2D eigenvalue weighted by Gasteiger charge is -2.11. The summed E-state index contributed by atoms with van der Waals surface area (Å²) in [5, 5.41) is 11.9. The van der Waals surface area contributed by atoms with E-state index in [1.54, 1.807) is 10.9 Å². The van der Waals surface area contributed by atoms with E-state index in [9.17, 15) is 0 Å². The summed E-state index contributed by atoms with van der Waals surface area (Å²) in [6.45, 7) is 0.633. The standard InChI is InChI=1S/C18H19N7/c1-19-16-6-5-15(13-9-22-25(2)11-13)24-18(16)21-10-14-8-12-4-3-7-20-17(12)23-14/h3-9,11,19H,10H2,1-2H3,(H,20,23)(H,21,24). The average Bonchev–Trinajstić information content (AvgIpc) is 3.25. The van der Waals surface area contributed by atoms with Gasteiger partial charge in [-0.1, -0.05) is 0 Å². The van der Waals surface area contributed by atoms with Crippen LogP contribution < -0.4 is 10.6 Å². The van der Waals surface area contributed by atoms with Crippen LogP contribution in [0.25, 0.3) is 22.3 Å². The maximum atomic E-state index is 4.74. The number of nitrogens with zero attached hydrogens (tertiary/aromatic N) is 4. The van der Waals surface area contributed by atoms with Crippen LogP contribution in [0.3, 0.4) is 0 Å². The number of aryl methyl sites for hydroxylation is 1. The van der Waals surface area contributed by atoms with Crippen molar-refractivity contribution in [1.29, 1.82) is 0 Å². The van der Waals surface area contributed by atoms with Crippen LogP contribution in [0.2, 0.25) is 0 Å². The Labute approximate surface area is 145 Å². The molecule has 0 saturated carbocycles. The third kappa shape index (κ3) is 3.03. The molecule has 4 aromatic heterocycles. The van der Waals surface area contributed by atoms with Crippen molar-refractivity contribution < 1.29 is 0 Å². The van der Waals surface area contributed by atoms with Gasteiger partial charge in [0, 0.05) is 43.1 Å². The molecule has 4 aromatic rings. The zero-order valence-electron chi connectivity index (χ0n) is 14.1. The molecular weight excluding hydrogens is 314 g/mol. The predicted octanol–water partition coefficient (Wildman–Crippen LogP) is 3.01. The van der Waals surface area contributed by atoms with Crippen LogP contribution in [-0.2, 0) is 13.6 Å². The second-order valence-electron chi connectivity index (χ2n) is 5.83. The highest BCUT2D eigenvalue weighted by atomic mass is 15.2. The summed E-state index contributed by atoms with van der Waals surface area (Å²) in [7, 11) is 3.79. The molecule has 3 N–H and O–H groups in total. The molecule has 4 heterocycles. The largest absolute Gasteiger partial charge is 0.385 e. The second kappa shape index (κ2) is 6.27. The summed E-state index contributed by atoms with van der Waals surface area (Å²) in [4.78, 5) is 12.4. The highest BCUT2D eigenvalue weighted by Crippen LogP contribution is 2.25. The molecule has 25 heavy (non-hydrogen) atoms. The summed E-state index contributed by atoms with van der Waals surface area (Å²) in [6, 6.07) is 10.1. The minimum atomic E-state index is 0.633. The van der Waals surface area contributed by atoms with Gasteiger partial charge in [-0.3, -0.25) is 4.68 Å². The lowest BCUT2D eigenvalue weighted by atomic mass is 10.2. The normalized spacial score (nSPS) is 11.0. The van der Waals surface area contributed by atoms with Crippen LogP contribution in [0, 0.1) is 0 Å². The molecule has 0 aliphatic rings. The zero-order valence-corrected chi connectivity index (χ0v) is 14.1. The van der Waals surface area contributed by atoms with Crippen molar-refractivity contribution in [3.05, 3.63) is 54.6 Å². The topological polar surface area (TPSA) is 83.4 Å². The number of H-pyrrole nitrogens is 1. The molecule has 0 radical (unpaired) electrons. The number of aromatic amines is 1. The van der Waals surface area contributed by atoms with Crippen molar-refractivity contribution in [2.45, 2.75) is 6.54 Å². The van der Waals surface area contributed by atoms with Crippen LogP contribution in [-0.4, -0.2) is 31.8 Å². The fraction of sp³-hybridized carbons (Fsp3) is 0.167. The molecule has 0 aliphatic heterocycles. The van der Waals surface area contributed by atoms with E-state index in [-0.39, 0.29) is 0 Å². The number of nitrogens with one attached hydrogen (secondary N) is 3. The van der Waals surface area contributed by atoms with Gasteiger partial charge in [0.25, 0.3) is 0 Å². The first kappa shape index (κ1) is 15.2. The van der Waals surface area contributed by atoms with Gasteiger partial charge in [0.2, 0.25) is 0 Å². The Morgan fingerprint density at radius 1 is 1.24 bits per heavy atom. The van der Waals surface area contributed by atoms with Crippen LogP contribution in [0.1, 0.15) is 5.69 Å². The molecule has 7 heteroatoms. The van der Waals surface area contributed by atoms with Gasteiger partial charge in [0.15, 0.2) is 0 Å². The molecule has 0 amide bonds. The molecule has 7 nitrogen and oxygen atoms in total. The first-order chi connectivity index (χ1) is 12.2. The third-order valence-electron chi connectivity index (χ3n) is 4.06. The van der Waals surface area contributed by atoms with Crippen LogP contribution in [0.5, 0.6) is 0 Å². The number of hydrogen-bond acceptors (Lipinski definition) is 5. The fourth-order valence-electron chi connectivity index (χ4n) is 2.80. The third-order valence-corrected chi connectivity index (χ3v) is 4.06. The monoisotopic (exact) mass is 333 g/mol. The molecule has 0 unspecified atom stereocenters. The molecule has 0 saturated heterocycles. The van der Waals surface area contributed by atoms with Crippen LogP contribution >= 0.6 is 0 Å². The van der Waals surface area contributed by atoms with Gasteiger partial charge < -0.3 is 15.6 Å². The van der Waals surface area contributed by atoms with Gasteiger partial charge in [0.1, 0.15) is 11.5 Å². The Morgan fingerprint density at radius 3 is 2.92 bits per heavy atom. The Kier molecular flexibility index (Phi) is 3.81.